The molecule has 1 N–H and O–H groups in total. The monoisotopic (exact) mass is 430 g/mol. The first kappa shape index (κ1) is 21.0. The van der Waals surface area contributed by atoms with Gasteiger partial charge in [-0.1, -0.05) is 29.8 Å². The number of ether oxygens (including phenoxy) is 1. The van der Waals surface area contributed by atoms with E-state index in [0.29, 0.717) is 17.0 Å². The van der Waals surface area contributed by atoms with Crippen molar-refractivity contribution in [2.24, 2.45) is 0 Å². The highest BCUT2D eigenvalue weighted by molar-refractivity contribution is 7.89. The van der Waals surface area contributed by atoms with E-state index >= 15 is 0 Å². The number of esters is 1. The number of hydrogen-bond donors (Lipinski definition) is 1. The van der Waals surface area contributed by atoms with Crippen LogP contribution in [0.4, 0.5) is 0 Å². The summed E-state index contributed by atoms with van der Waals surface area (Å²) in [5.74, 6) is -0.427. The van der Waals surface area contributed by atoms with Gasteiger partial charge in [-0.2, -0.15) is 0 Å². The molecule has 0 aliphatic heterocycles. The van der Waals surface area contributed by atoms with Gasteiger partial charge in [0.15, 0.2) is 0 Å². The number of halogens is 1. The normalized spacial score (nSPS) is 12.3. The molecule has 0 saturated carbocycles. The fraction of sp³-hybridized carbons (Fsp3) is 0.143. The minimum absolute atomic E-state index is 0.122. The molecule has 0 aliphatic carbocycles. The summed E-state index contributed by atoms with van der Waals surface area (Å²) < 4.78 is 33.2. The smallest absolute Gasteiger partial charge is 0.337 e. The lowest BCUT2D eigenvalue weighted by Gasteiger charge is -2.19. The number of rotatable bonds is 7. The zero-order valence-electron chi connectivity index (χ0n) is 15.6. The largest absolute Gasteiger partial charge is 0.465 e. The number of carbonyl (C=O) groups is 1. The molecule has 150 valence electrons. The summed E-state index contributed by atoms with van der Waals surface area (Å²) in [4.78, 5) is 15.8. The van der Waals surface area contributed by atoms with Gasteiger partial charge in [0.2, 0.25) is 10.0 Å². The quantitative estimate of drug-likeness (QED) is 0.576. The van der Waals surface area contributed by atoms with Gasteiger partial charge in [0.1, 0.15) is 0 Å². The third-order valence-corrected chi connectivity index (χ3v) is 6.06. The molecule has 0 radical (unpaired) electrons. The lowest BCUT2D eigenvalue weighted by molar-refractivity contribution is 0.0600. The fourth-order valence-electron chi connectivity index (χ4n) is 2.81. The Morgan fingerprint density at radius 1 is 1.10 bits per heavy atom. The molecule has 0 saturated heterocycles. The Morgan fingerprint density at radius 3 is 2.38 bits per heavy atom. The first-order chi connectivity index (χ1) is 13.9. The maximum Gasteiger partial charge on any atom is 0.337 e. The number of methoxy groups -OCH3 is 1. The summed E-state index contributed by atoms with van der Waals surface area (Å²) in [5, 5.41) is 0.457. The van der Waals surface area contributed by atoms with Gasteiger partial charge in [0, 0.05) is 17.4 Å². The molecule has 1 aromatic heterocycles. The predicted molar refractivity (Wildman–Crippen MR) is 110 cm³/mol. The molecule has 8 heteroatoms. The van der Waals surface area contributed by atoms with Gasteiger partial charge >= 0.3 is 5.97 Å². The van der Waals surface area contributed by atoms with Crippen LogP contribution in [0.2, 0.25) is 5.02 Å². The summed E-state index contributed by atoms with van der Waals surface area (Å²) in [6, 6.07) is 15.8. The summed E-state index contributed by atoms with van der Waals surface area (Å²) in [5.41, 5.74) is 2.00. The van der Waals surface area contributed by atoms with Gasteiger partial charge in [-0.3, -0.25) is 4.98 Å². The molecule has 0 amide bonds. The number of pyridine rings is 1. The topological polar surface area (TPSA) is 85.4 Å². The Labute approximate surface area is 174 Å². The molecule has 1 heterocycles. The molecule has 0 spiro atoms. The maximum atomic E-state index is 12.9. The molecular weight excluding hydrogens is 412 g/mol. The number of hydrogen-bond acceptors (Lipinski definition) is 5. The van der Waals surface area contributed by atoms with Gasteiger partial charge in [-0.15, -0.1) is 0 Å². The van der Waals surface area contributed by atoms with Crippen molar-refractivity contribution < 1.29 is 17.9 Å². The van der Waals surface area contributed by atoms with E-state index in [2.05, 4.69) is 9.71 Å². The van der Waals surface area contributed by atoms with E-state index < -0.39 is 22.0 Å². The van der Waals surface area contributed by atoms with Crippen LogP contribution in [0.25, 0.3) is 0 Å². The second kappa shape index (κ2) is 9.17. The number of sulfonamides is 1. The van der Waals surface area contributed by atoms with Gasteiger partial charge in [-0.25, -0.2) is 17.9 Å². The summed E-state index contributed by atoms with van der Waals surface area (Å²) in [6.45, 7) is 0. The molecule has 3 rings (SSSR count). The van der Waals surface area contributed by atoms with E-state index in [0.717, 1.165) is 11.1 Å². The second-order valence-electron chi connectivity index (χ2n) is 6.31. The van der Waals surface area contributed by atoms with Crippen LogP contribution in [0.3, 0.4) is 0 Å². The van der Waals surface area contributed by atoms with Crippen LogP contribution in [-0.4, -0.2) is 26.5 Å². The van der Waals surface area contributed by atoms with Gasteiger partial charge < -0.3 is 4.74 Å². The molecular formula is C21H19ClN2O4S. The Morgan fingerprint density at radius 2 is 1.79 bits per heavy atom. The molecule has 0 aliphatic rings. The minimum Gasteiger partial charge on any atom is -0.465 e. The highest BCUT2D eigenvalue weighted by atomic mass is 35.5. The second-order valence-corrected chi connectivity index (χ2v) is 8.46. The highest BCUT2D eigenvalue weighted by Gasteiger charge is 2.22. The van der Waals surface area contributed by atoms with Crippen LogP contribution < -0.4 is 4.72 Å². The van der Waals surface area contributed by atoms with E-state index in [1.807, 2.05) is 6.07 Å². The first-order valence-corrected chi connectivity index (χ1v) is 10.6. The van der Waals surface area contributed by atoms with Crippen molar-refractivity contribution in [3.63, 3.8) is 0 Å². The zero-order valence-corrected chi connectivity index (χ0v) is 17.2. The third-order valence-electron chi connectivity index (χ3n) is 4.32. The fourth-order valence-corrected chi connectivity index (χ4v) is 4.16. The summed E-state index contributed by atoms with van der Waals surface area (Å²) in [7, 11) is -2.46. The lowest BCUT2D eigenvalue weighted by atomic mass is 10.0. The van der Waals surface area contributed by atoms with Crippen LogP contribution >= 0.6 is 11.6 Å². The maximum absolute atomic E-state index is 12.9. The molecule has 29 heavy (non-hydrogen) atoms. The number of benzene rings is 2. The Kier molecular flexibility index (Phi) is 6.64. The Balaban J connectivity index is 1.87. The molecule has 1 atom stereocenters. The number of nitrogens with zero attached hydrogens (tertiary/aromatic N) is 1. The van der Waals surface area contributed by atoms with Crippen molar-refractivity contribution in [1.29, 1.82) is 0 Å². The van der Waals surface area contributed by atoms with Gasteiger partial charge in [0.05, 0.1) is 23.6 Å². The van der Waals surface area contributed by atoms with E-state index in [9.17, 15) is 13.2 Å². The van der Waals surface area contributed by atoms with E-state index in [1.54, 1.807) is 42.7 Å². The van der Waals surface area contributed by atoms with Gasteiger partial charge in [0.25, 0.3) is 0 Å². The Hall–Kier alpha value is -2.74. The zero-order chi connectivity index (χ0) is 20.9. The molecule has 1 unspecified atom stereocenters. The highest BCUT2D eigenvalue weighted by Crippen LogP contribution is 2.22. The third kappa shape index (κ3) is 5.41. The average molecular weight is 431 g/mol. The van der Waals surface area contributed by atoms with Crippen molar-refractivity contribution >= 4 is 27.6 Å². The SMILES string of the molecule is COC(=O)c1ccc(CC(NS(=O)(=O)c2ccc(Cl)cc2)c2cccnc2)cc1. The van der Waals surface area contributed by atoms with Crippen LogP contribution in [0.15, 0.2) is 78.0 Å². The van der Waals surface area contributed by atoms with Crippen molar-refractivity contribution in [3.05, 3.63) is 94.8 Å². The van der Waals surface area contributed by atoms with E-state index in [4.69, 9.17) is 16.3 Å². The van der Waals surface area contributed by atoms with E-state index in [1.165, 1.54) is 31.4 Å². The lowest BCUT2D eigenvalue weighted by Crippen LogP contribution is -2.30. The van der Waals surface area contributed by atoms with Crippen LogP contribution in [0.1, 0.15) is 27.5 Å². The Bertz CT molecular complexity index is 1070. The van der Waals surface area contributed by atoms with Crippen LogP contribution in [-0.2, 0) is 21.2 Å². The minimum atomic E-state index is -3.78. The predicted octanol–water partition coefficient (Wildman–Crippen LogP) is 3.78. The van der Waals surface area contributed by atoms with Crippen molar-refractivity contribution in [3.8, 4) is 0 Å². The number of carbonyl (C=O) groups excluding carboxylic acids is 1. The van der Waals surface area contributed by atoms with Gasteiger partial charge in [-0.05, 0) is 60.0 Å². The average Bonchev–Trinajstić information content (AvgIpc) is 2.74. The van der Waals surface area contributed by atoms with Crippen molar-refractivity contribution in [2.45, 2.75) is 17.4 Å². The summed E-state index contributed by atoms with van der Waals surface area (Å²) in [6.07, 6.45) is 3.62. The van der Waals surface area contributed by atoms with Crippen molar-refractivity contribution in [2.75, 3.05) is 7.11 Å². The van der Waals surface area contributed by atoms with Crippen LogP contribution in [0.5, 0.6) is 0 Å². The molecule has 0 bridgehead atoms. The molecule has 0 fully saturated rings. The first-order valence-electron chi connectivity index (χ1n) is 8.74. The summed E-state index contributed by atoms with van der Waals surface area (Å²) >= 11 is 5.86. The van der Waals surface area contributed by atoms with E-state index in [-0.39, 0.29) is 4.90 Å². The van der Waals surface area contributed by atoms with Crippen molar-refractivity contribution in [1.82, 2.24) is 9.71 Å². The van der Waals surface area contributed by atoms with Crippen LogP contribution in [0, 0.1) is 0 Å². The standard InChI is InChI=1S/C21H19ClN2O4S/c1-28-21(25)16-6-4-15(5-7-16)13-20(17-3-2-12-23-14-17)24-29(26,27)19-10-8-18(22)9-11-19/h2-12,14,20,24H,13H2,1H3. The molecule has 6 nitrogen and oxygen atoms in total. The number of aromatic nitrogens is 1. The number of nitrogens with one attached hydrogen (secondary N) is 1. The molecule has 2 aromatic carbocycles. The molecule has 3 aromatic rings.